The van der Waals surface area contributed by atoms with Crippen molar-refractivity contribution in [2.24, 2.45) is 7.05 Å². The molecule has 6 nitrogen and oxygen atoms in total. The number of Topliss-reactive ketones (excluding diaryl/α,β-unsaturated/α-hetero) is 1. The van der Waals surface area contributed by atoms with Crippen molar-refractivity contribution in [2.45, 2.75) is 31.4 Å². The quantitative estimate of drug-likeness (QED) is 0.353. The number of nitrogens with zero attached hydrogens (tertiary/aromatic N) is 3. The molecule has 0 saturated carbocycles. The van der Waals surface area contributed by atoms with Crippen molar-refractivity contribution >= 4 is 29.1 Å². The summed E-state index contributed by atoms with van der Waals surface area (Å²) in [5, 5.41) is 9.90. The molecular formula is C21H22ClN3O3S. The van der Waals surface area contributed by atoms with Crippen LogP contribution in [0.25, 0.3) is 0 Å². The van der Waals surface area contributed by atoms with Gasteiger partial charge < -0.3 is 14.0 Å². The van der Waals surface area contributed by atoms with Crippen LogP contribution in [-0.4, -0.2) is 27.2 Å². The average molecular weight is 432 g/mol. The Balaban J connectivity index is 1.67. The fourth-order valence-corrected chi connectivity index (χ4v) is 3.66. The number of rotatable bonds is 9. The first kappa shape index (κ1) is 21.2. The molecule has 152 valence electrons. The van der Waals surface area contributed by atoms with Crippen LogP contribution in [-0.2, 0) is 19.4 Å². The minimum atomic E-state index is 0.0274. The number of ether oxygens (including phenoxy) is 2. The highest BCUT2D eigenvalue weighted by molar-refractivity contribution is 7.98. The van der Waals surface area contributed by atoms with Crippen LogP contribution in [0.1, 0.15) is 35.6 Å². The van der Waals surface area contributed by atoms with Gasteiger partial charge in [-0.25, -0.2) is 0 Å². The van der Waals surface area contributed by atoms with E-state index in [9.17, 15) is 4.79 Å². The van der Waals surface area contributed by atoms with Crippen molar-refractivity contribution in [3.05, 3.63) is 64.4 Å². The third-order valence-corrected chi connectivity index (χ3v) is 5.55. The maximum atomic E-state index is 11.7. The van der Waals surface area contributed by atoms with Gasteiger partial charge in [0, 0.05) is 29.0 Å². The number of hydrogen-bond acceptors (Lipinski definition) is 6. The molecule has 29 heavy (non-hydrogen) atoms. The van der Waals surface area contributed by atoms with Crippen LogP contribution >= 0.6 is 23.4 Å². The summed E-state index contributed by atoms with van der Waals surface area (Å²) in [6.45, 7) is 4.36. The van der Waals surface area contributed by atoms with Crippen LogP contribution in [0.5, 0.6) is 11.5 Å². The Morgan fingerprint density at radius 1 is 1.14 bits per heavy atom. The van der Waals surface area contributed by atoms with E-state index in [4.69, 9.17) is 21.1 Å². The van der Waals surface area contributed by atoms with Gasteiger partial charge in [0.1, 0.15) is 18.1 Å². The lowest BCUT2D eigenvalue weighted by atomic mass is 10.1. The van der Waals surface area contributed by atoms with Crippen molar-refractivity contribution < 1.29 is 14.3 Å². The van der Waals surface area contributed by atoms with E-state index in [2.05, 4.69) is 10.2 Å². The molecule has 0 unspecified atom stereocenters. The highest BCUT2D eigenvalue weighted by Crippen LogP contribution is 2.29. The summed E-state index contributed by atoms with van der Waals surface area (Å²) in [5.74, 6) is 2.84. The van der Waals surface area contributed by atoms with Gasteiger partial charge in [0.2, 0.25) is 0 Å². The molecule has 8 heteroatoms. The van der Waals surface area contributed by atoms with Gasteiger partial charge in [0.15, 0.2) is 16.8 Å². The van der Waals surface area contributed by atoms with Crippen LogP contribution in [0.3, 0.4) is 0 Å². The molecule has 2 aromatic carbocycles. The highest BCUT2D eigenvalue weighted by atomic mass is 35.5. The van der Waals surface area contributed by atoms with E-state index in [0.29, 0.717) is 41.1 Å². The number of halogens is 1. The molecule has 0 aliphatic heterocycles. The number of aromatic nitrogens is 3. The zero-order valence-electron chi connectivity index (χ0n) is 16.5. The summed E-state index contributed by atoms with van der Waals surface area (Å²) in [5.41, 5.74) is 1.62. The Hall–Kier alpha value is -2.51. The molecule has 0 aliphatic rings. The summed E-state index contributed by atoms with van der Waals surface area (Å²) in [7, 11) is 1.90. The summed E-state index contributed by atoms with van der Waals surface area (Å²) in [4.78, 5) is 11.7. The zero-order valence-corrected chi connectivity index (χ0v) is 18.1. The summed E-state index contributed by atoms with van der Waals surface area (Å²) in [6.07, 6.45) is 0. The van der Waals surface area contributed by atoms with Gasteiger partial charge in [-0.1, -0.05) is 23.4 Å². The number of benzene rings is 2. The number of carbonyl (C=O) groups excluding carboxylic acids is 1. The first-order valence-corrected chi connectivity index (χ1v) is 10.5. The van der Waals surface area contributed by atoms with Gasteiger partial charge in [-0.15, -0.1) is 10.2 Å². The van der Waals surface area contributed by atoms with Gasteiger partial charge in [0.25, 0.3) is 0 Å². The Labute approximate surface area is 179 Å². The van der Waals surface area contributed by atoms with Crippen LogP contribution in [0, 0.1) is 0 Å². The fraction of sp³-hybridized carbons (Fsp3) is 0.286. The summed E-state index contributed by atoms with van der Waals surface area (Å²) >= 11 is 7.42. The maximum absolute atomic E-state index is 11.7. The molecule has 0 spiro atoms. The van der Waals surface area contributed by atoms with Crippen LogP contribution < -0.4 is 9.47 Å². The third-order valence-electron chi connectivity index (χ3n) is 4.23. The molecule has 0 N–H and O–H groups in total. The molecule has 3 rings (SSSR count). The van der Waals surface area contributed by atoms with Crippen molar-refractivity contribution in [1.82, 2.24) is 14.8 Å². The molecule has 0 saturated heterocycles. The molecule has 0 atom stereocenters. The molecule has 0 radical (unpaired) electrons. The number of ketones is 1. The number of carbonyl (C=O) groups is 1. The van der Waals surface area contributed by atoms with Crippen molar-refractivity contribution in [3.63, 3.8) is 0 Å². The second-order valence-electron chi connectivity index (χ2n) is 6.30. The molecule has 0 aliphatic carbocycles. The number of thioether (sulfide) groups is 1. The van der Waals surface area contributed by atoms with Gasteiger partial charge >= 0.3 is 0 Å². The lowest BCUT2D eigenvalue weighted by molar-refractivity contribution is 0.101. The van der Waals surface area contributed by atoms with Crippen molar-refractivity contribution in [3.8, 4) is 11.5 Å². The minimum Gasteiger partial charge on any atom is -0.494 e. The van der Waals surface area contributed by atoms with Crippen molar-refractivity contribution in [2.75, 3.05) is 6.61 Å². The zero-order chi connectivity index (χ0) is 20.8. The fourth-order valence-electron chi connectivity index (χ4n) is 2.62. The minimum absolute atomic E-state index is 0.0274. The van der Waals surface area contributed by atoms with E-state index in [1.807, 2.05) is 42.8 Å². The Kier molecular flexibility index (Phi) is 7.17. The third kappa shape index (κ3) is 5.52. The highest BCUT2D eigenvalue weighted by Gasteiger charge is 2.13. The van der Waals surface area contributed by atoms with E-state index in [1.165, 1.54) is 11.8 Å². The maximum Gasteiger partial charge on any atom is 0.191 e. The lowest BCUT2D eigenvalue weighted by Crippen LogP contribution is -2.04. The van der Waals surface area contributed by atoms with Gasteiger partial charge in [0.05, 0.1) is 6.61 Å². The Morgan fingerprint density at radius 2 is 1.90 bits per heavy atom. The summed E-state index contributed by atoms with van der Waals surface area (Å²) in [6, 6.07) is 12.7. The van der Waals surface area contributed by atoms with Gasteiger partial charge in [-0.05, 0) is 56.3 Å². The standard InChI is InChI=1S/C21H22ClN3O3S/c1-4-27-19-10-5-15(14(2)26)11-16(19)13-29-21-24-23-20(25(21)3)12-28-18-8-6-17(22)7-9-18/h5-11H,4,12-13H2,1-3H3. The first-order valence-electron chi connectivity index (χ1n) is 9.14. The van der Waals surface area contributed by atoms with Crippen LogP contribution in [0.15, 0.2) is 47.6 Å². The molecule has 1 aromatic heterocycles. The van der Waals surface area contributed by atoms with Crippen molar-refractivity contribution in [1.29, 1.82) is 0 Å². The monoisotopic (exact) mass is 431 g/mol. The van der Waals surface area contributed by atoms with E-state index >= 15 is 0 Å². The Bertz CT molecular complexity index is 989. The smallest absolute Gasteiger partial charge is 0.191 e. The molecule has 0 bridgehead atoms. The molecule has 0 fully saturated rings. The normalized spacial score (nSPS) is 10.8. The summed E-state index contributed by atoms with van der Waals surface area (Å²) < 4.78 is 13.3. The Morgan fingerprint density at radius 3 is 2.59 bits per heavy atom. The SMILES string of the molecule is CCOc1ccc(C(C)=O)cc1CSc1nnc(COc2ccc(Cl)cc2)n1C. The largest absolute Gasteiger partial charge is 0.494 e. The molecular weight excluding hydrogens is 410 g/mol. The first-order chi connectivity index (χ1) is 14.0. The van der Waals surface area contributed by atoms with Gasteiger partial charge in [-0.3, -0.25) is 4.79 Å². The van der Waals surface area contributed by atoms with Gasteiger partial charge in [-0.2, -0.15) is 0 Å². The second-order valence-corrected chi connectivity index (χ2v) is 7.68. The number of hydrogen-bond donors (Lipinski definition) is 0. The van der Waals surface area contributed by atoms with Crippen LogP contribution in [0.2, 0.25) is 5.02 Å². The average Bonchev–Trinajstić information content (AvgIpc) is 3.06. The van der Waals surface area contributed by atoms with E-state index < -0.39 is 0 Å². The van der Waals surface area contributed by atoms with Crippen LogP contribution in [0.4, 0.5) is 0 Å². The molecule has 0 amide bonds. The molecule has 3 aromatic rings. The second kappa shape index (κ2) is 9.80. The predicted octanol–water partition coefficient (Wildman–Crippen LogP) is 4.94. The topological polar surface area (TPSA) is 66.2 Å². The lowest BCUT2D eigenvalue weighted by Gasteiger charge is -2.11. The van der Waals surface area contributed by atoms with E-state index in [-0.39, 0.29) is 5.78 Å². The predicted molar refractivity (Wildman–Crippen MR) is 114 cm³/mol. The van der Waals surface area contributed by atoms with E-state index in [0.717, 1.165) is 16.5 Å². The van der Waals surface area contributed by atoms with E-state index in [1.54, 1.807) is 25.1 Å². The molecule has 1 heterocycles.